The van der Waals surface area contributed by atoms with Crippen LogP contribution in [-0.2, 0) is 4.79 Å². The van der Waals surface area contributed by atoms with E-state index in [2.05, 4.69) is 4.90 Å². The number of anilines is 1. The van der Waals surface area contributed by atoms with Gasteiger partial charge in [0.05, 0.1) is 6.04 Å². The summed E-state index contributed by atoms with van der Waals surface area (Å²) >= 11 is 5.86. The largest absolute Gasteiger partial charge is 0.492 e. The van der Waals surface area contributed by atoms with E-state index in [9.17, 15) is 4.79 Å². The van der Waals surface area contributed by atoms with Crippen LogP contribution in [0.15, 0.2) is 54.6 Å². The molecule has 0 aromatic heterocycles. The van der Waals surface area contributed by atoms with E-state index in [1.54, 1.807) is 12.1 Å². The number of hydrogen-bond donors (Lipinski definition) is 0. The lowest BCUT2D eigenvalue weighted by molar-refractivity contribution is -0.121. The van der Waals surface area contributed by atoms with Gasteiger partial charge in [0.1, 0.15) is 12.4 Å². The van der Waals surface area contributed by atoms with Crippen LogP contribution in [0.25, 0.3) is 0 Å². The third-order valence-corrected chi connectivity index (χ3v) is 4.56. The highest BCUT2D eigenvalue weighted by atomic mass is 35.5. The molecule has 2 aromatic rings. The summed E-state index contributed by atoms with van der Waals surface area (Å²) in [6.45, 7) is 1.99. The van der Waals surface area contributed by atoms with Crippen LogP contribution in [0.5, 0.6) is 5.75 Å². The maximum Gasteiger partial charge on any atom is 0.244 e. The van der Waals surface area contributed by atoms with Crippen molar-refractivity contribution in [3.63, 3.8) is 0 Å². The molecule has 0 radical (unpaired) electrons. The summed E-state index contributed by atoms with van der Waals surface area (Å²) in [5.74, 6) is 0.951. The van der Waals surface area contributed by atoms with Crippen molar-refractivity contribution in [2.45, 2.75) is 12.5 Å². The zero-order valence-electron chi connectivity index (χ0n) is 13.7. The number of nitrogens with zero attached hydrogens (tertiary/aromatic N) is 2. The van der Waals surface area contributed by atoms with Crippen molar-refractivity contribution < 1.29 is 9.53 Å². The van der Waals surface area contributed by atoms with Crippen LogP contribution in [0.1, 0.15) is 6.42 Å². The Morgan fingerprint density at radius 2 is 1.88 bits per heavy atom. The number of halogens is 1. The van der Waals surface area contributed by atoms with Gasteiger partial charge in [0.25, 0.3) is 0 Å². The molecular formula is C19H21ClN2O2. The summed E-state index contributed by atoms with van der Waals surface area (Å²) in [5, 5.41) is 0.692. The summed E-state index contributed by atoms with van der Waals surface area (Å²) < 4.78 is 5.71. The zero-order chi connectivity index (χ0) is 16.9. The minimum absolute atomic E-state index is 0.0842. The van der Waals surface area contributed by atoms with Crippen molar-refractivity contribution in [1.82, 2.24) is 4.90 Å². The monoisotopic (exact) mass is 344 g/mol. The molecule has 4 nitrogen and oxygen atoms in total. The second-order valence-corrected chi connectivity index (χ2v) is 6.35. The fourth-order valence-electron chi connectivity index (χ4n) is 2.93. The smallest absolute Gasteiger partial charge is 0.244 e. The number of hydrogen-bond acceptors (Lipinski definition) is 3. The minimum Gasteiger partial charge on any atom is -0.492 e. The maximum atomic E-state index is 12.6. The second-order valence-electron chi connectivity index (χ2n) is 5.91. The standard InChI is InChI=1S/C19H21ClN2O2/c1-21(13-14-24-17-9-7-15(20)8-10-17)18-11-12-22(19(18)23)16-5-3-2-4-6-16/h2-10,18H,11-14H2,1H3. The number of carbonyl (C=O) groups excluding carboxylic acids is 1. The fourth-order valence-corrected chi connectivity index (χ4v) is 3.06. The SMILES string of the molecule is CN(CCOc1ccc(Cl)cc1)C1CCN(c2ccccc2)C1=O. The Hall–Kier alpha value is -2.04. The van der Waals surface area contributed by atoms with Gasteiger partial charge in [-0.3, -0.25) is 9.69 Å². The van der Waals surface area contributed by atoms with Crippen molar-refractivity contribution in [1.29, 1.82) is 0 Å². The Morgan fingerprint density at radius 3 is 2.58 bits per heavy atom. The Morgan fingerprint density at radius 1 is 1.17 bits per heavy atom. The van der Waals surface area contributed by atoms with E-state index in [4.69, 9.17) is 16.3 Å². The second kappa shape index (κ2) is 7.69. The Labute approximate surface area is 147 Å². The fraction of sp³-hybridized carbons (Fsp3) is 0.316. The molecule has 1 aliphatic rings. The lowest BCUT2D eigenvalue weighted by atomic mass is 10.2. The molecular weight excluding hydrogens is 324 g/mol. The van der Waals surface area contributed by atoms with E-state index >= 15 is 0 Å². The molecule has 126 valence electrons. The summed E-state index contributed by atoms with van der Waals surface area (Å²) in [6.07, 6.45) is 0.838. The van der Waals surface area contributed by atoms with E-state index in [0.717, 1.165) is 24.4 Å². The van der Waals surface area contributed by atoms with Crippen molar-refractivity contribution in [2.24, 2.45) is 0 Å². The molecule has 0 bridgehead atoms. The summed E-state index contributed by atoms with van der Waals surface area (Å²) in [7, 11) is 1.97. The van der Waals surface area contributed by atoms with Gasteiger partial charge >= 0.3 is 0 Å². The molecule has 5 heteroatoms. The molecule has 1 unspecified atom stereocenters. The number of amides is 1. The number of rotatable bonds is 6. The first-order valence-corrected chi connectivity index (χ1v) is 8.48. The molecule has 0 spiro atoms. The van der Waals surface area contributed by atoms with Crippen LogP contribution >= 0.6 is 11.6 Å². The van der Waals surface area contributed by atoms with Gasteiger partial charge in [-0.15, -0.1) is 0 Å². The van der Waals surface area contributed by atoms with Crippen molar-refractivity contribution in [3.8, 4) is 5.75 Å². The molecule has 3 rings (SSSR count). The molecule has 1 saturated heterocycles. The predicted octanol–water partition coefficient (Wildman–Crippen LogP) is 3.46. The zero-order valence-corrected chi connectivity index (χ0v) is 14.4. The van der Waals surface area contributed by atoms with Crippen LogP contribution in [0, 0.1) is 0 Å². The number of carbonyl (C=O) groups is 1. The summed E-state index contributed by atoms with van der Waals surface area (Å²) in [6, 6.07) is 17.0. The van der Waals surface area contributed by atoms with Crippen molar-refractivity contribution in [2.75, 3.05) is 31.6 Å². The minimum atomic E-state index is -0.0842. The van der Waals surface area contributed by atoms with Gasteiger partial charge in [-0.1, -0.05) is 29.8 Å². The highest BCUT2D eigenvalue weighted by Crippen LogP contribution is 2.23. The maximum absolute atomic E-state index is 12.6. The third-order valence-electron chi connectivity index (χ3n) is 4.30. The molecule has 1 atom stereocenters. The van der Waals surface area contributed by atoms with E-state index in [1.807, 2.05) is 54.4 Å². The van der Waals surface area contributed by atoms with Crippen molar-refractivity contribution in [3.05, 3.63) is 59.6 Å². The topological polar surface area (TPSA) is 32.8 Å². The first-order valence-electron chi connectivity index (χ1n) is 8.10. The van der Waals surface area contributed by atoms with Crippen LogP contribution in [-0.4, -0.2) is 43.6 Å². The van der Waals surface area contributed by atoms with Gasteiger partial charge in [-0.25, -0.2) is 0 Å². The molecule has 0 aliphatic carbocycles. The van der Waals surface area contributed by atoms with Gasteiger partial charge < -0.3 is 9.64 Å². The lowest BCUT2D eigenvalue weighted by Crippen LogP contribution is -2.41. The van der Waals surface area contributed by atoms with Gasteiger partial charge in [0.15, 0.2) is 0 Å². The molecule has 24 heavy (non-hydrogen) atoms. The molecule has 1 amide bonds. The number of para-hydroxylation sites is 1. The lowest BCUT2D eigenvalue weighted by Gasteiger charge is -2.23. The molecule has 1 aliphatic heterocycles. The Bertz CT molecular complexity index is 676. The first kappa shape index (κ1) is 16.8. The average Bonchev–Trinajstić information content (AvgIpc) is 2.99. The molecule has 0 saturated carbocycles. The average molecular weight is 345 g/mol. The van der Waals surface area contributed by atoms with Crippen LogP contribution in [0.2, 0.25) is 5.02 Å². The van der Waals surface area contributed by atoms with Gasteiger partial charge in [-0.2, -0.15) is 0 Å². The van der Waals surface area contributed by atoms with Gasteiger partial charge in [0, 0.05) is 23.8 Å². The highest BCUT2D eigenvalue weighted by Gasteiger charge is 2.34. The summed E-state index contributed by atoms with van der Waals surface area (Å²) in [4.78, 5) is 16.6. The quantitative estimate of drug-likeness (QED) is 0.804. The van der Waals surface area contributed by atoms with Gasteiger partial charge in [0.2, 0.25) is 5.91 Å². The number of benzene rings is 2. The Balaban J connectivity index is 1.51. The molecule has 2 aromatic carbocycles. The molecule has 1 heterocycles. The van der Waals surface area contributed by atoms with Crippen LogP contribution in [0.4, 0.5) is 5.69 Å². The third kappa shape index (κ3) is 3.89. The Kier molecular flexibility index (Phi) is 5.38. The first-order chi connectivity index (χ1) is 11.6. The number of likely N-dealkylation sites (N-methyl/N-ethyl adjacent to an activating group) is 1. The van der Waals surface area contributed by atoms with Crippen molar-refractivity contribution >= 4 is 23.2 Å². The van der Waals surface area contributed by atoms with E-state index in [1.165, 1.54) is 0 Å². The number of ether oxygens (including phenoxy) is 1. The van der Waals surface area contributed by atoms with E-state index in [-0.39, 0.29) is 11.9 Å². The highest BCUT2D eigenvalue weighted by molar-refractivity contribution is 6.30. The molecule has 1 fully saturated rings. The predicted molar refractivity (Wildman–Crippen MR) is 96.8 cm³/mol. The molecule has 0 N–H and O–H groups in total. The van der Waals surface area contributed by atoms with Gasteiger partial charge in [-0.05, 0) is 49.9 Å². The van der Waals surface area contributed by atoms with E-state index < -0.39 is 0 Å². The van der Waals surface area contributed by atoms with Crippen LogP contribution in [0.3, 0.4) is 0 Å². The van der Waals surface area contributed by atoms with E-state index in [0.29, 0.717) is 18.2 Å². The normalized spacial score (nSPS) is 17.5. The summed E-state index contributed by atoms with van der Waals surface area (Å²) in [5.41, 5.74) is 0.968. The van der Waals surface area contributed by atoms with Crippen LogP contribution < -0.4 is 9.64 Å².